The zero-order chi connectivity index (χ0) is 23.8. The molecule has 0 atom stereocenters. The highest BCUT2D eigenvalue weighted by Crippen LogP contribution is 2.12. The number of ketones is 1. The lowest BCUT2D eigenvalue weighted by Crippen LogP contribution is -2.41. The Hall–Kier alpha value is -4.24. The lowest BCUT2D eigenvalue weighted by molar-refractivity contribution is -0.187. The number of hydroxylamine groups is 2. The number of carbonyl (C=O) groups excluding carboxylic acids is 3. The van der Waals surface area contributed by atoms with Gasteiger partial charge in [-0.2, -0.15) is 5.06 Å². The molecule has 3 rings (SSSR count). The fraction of sp³-hybridized carbons (Fsp3) is 0.167. The average molecular weight is 450 g/mol. The van der Waals surface area contributed by atoms with Gasteiger partial charge in [-0.1, -0.05) is 42.5 Å². The second-order valence-corrected chi connectivity index (χ2v) is 7.07. The van der Waals surface area contributed by atoms with Crippen LogP contribution in [-0.2, 0) is 14.4 Å². The molecule has 0 spiro atoms. The Kier molecular flexibility index (Phi) is 7.72. The predicted octanol–water partition coefficient (Wildman–Crippen LogP) is 2.55. The number of hydrogen-bond donors (Lipinski definition) is 2. The predicted molar refractivity (Wildman–Crippen MR) is 118 cm³/mol. The minimum atomic E-state index is -1.81. The van der Waals surface area contributed by atoms with Crippen molar-refractivity contribution in [2.24, 2.45) is 0 Å². The molecule has 0 saturated heterocycles. The first-order chi connectivity index (χ1) is 15.8. The summed E-state index contributed by atoms with van der Waals surface area (Å²) in [7, 11) is 0. The van der Waals surface area contributed by atoms with Crippen LogP contribution in [0.1, 0.15) is 32.2 Å². The quantitative estimate of drug-likeness (QED) is 0.272. The molecule has 0 fully saturated rings. The largest absolute Gasteiger partial charge is 0.473 e. The van der Waals surface area contributed by atoms with Gasteiger partial charge < -0.3 is 19.7 Å². The van der Waals surface area contributed by atoms with Gasteiger partial charge in [0.25, 0.3) is 5.91 Å². The smallest absolute Gasteiger partial charge is 0.441 e. The Morgan fingerprint density at radius 3 is 2.39 bits per heavy atom. The lowest BCUT2D eigenvalue weighted by atomic mass is 10.1. The zero-order valence-corrected chi connectivity index (χ0v) is 17.8. The van der Waals surface area contributed by atoms with Crippen molar-refractivity contribution in [2.75, 3.05) is 13.1 Å². The van der Waals surface area contributed by atoms with Gasteiger partial charge in [-0.05, 0) is 42.8 Å². The first-order valence-electron chi connectivity index (χ1n) is 10.1. The van der Waals surface area contributed by atoms with E-state index in [4.69, 9.17) is 14.4 Å². The van der Waals surface area contributed by atoms with Crippen LogP contribution in [0.5, 0.6) is 0 Å². The zero-order valence-electron chi connectivity index (χ0n) is 17.8. The molecule has 0 saturated carbocycles. The van der Waals surface area contributed by atoms with Gasteiger partial charge in [-0.3, -0.25) is 9.59 Å². The van der Waals surface area contributed by atoms with Crippen molar-refractivity contribution in [3.05, 3.63) is 89.4 Å². The van der Waals surface area contributed by atoms with Crippen molar-refractivity contribution in [2.45, 2.75) is 13.0 Å². The highest BCUT2D eigenvalue weighted by Gasteiger charge is 2.24. The summed E-state index contributed by atoms with van der Waals surface area (Å²) in [5, 5.41) is 12.6. The highest BCUT2D eigenvalue weighted by atomic mass is 16.7. The molecular weight excluding hydrogens is 428 g/mol. The number of carboxylic acid groups (broad SMARTS) is 1. The van der Waals surface area contributed by atoms with Gasteiger partial charge in [0.2, 0.25) is 5.78 Å². The molecule has 1 aromatic heterocycles. The number of aryl methyl sites for hydroxylation is 1. The lowest BCUT2D eigenvalue weighted by Gasteiger charge is -2.21. The van der Waals surface area contributed by atoms with Crippen LogP contribution in [0.3, 0.4) is 0 Å². The van der Waals surface area contributed by atoms with Crippen LogP contribution >= 0.6 is 0 Å². The van der Waals surface area contributed by atoms with Gasteiger partial charge in [0.1, 0.15) is 5.76 Å². The van der Waals surface area contributed by atoms with E-state index in [9.17, 15) is 19.2 Å². The molecule has 0 radical (unpaired) electrons. The third-order valence-corrected chi connectivity index (χ3v) is 4.61. The standard InChI is InChI=1S/C24H22N2O7/c1-16-6-13-21(32-16)20(27)12-9-17-7-10-18(11-8-17)22(28)26(33-24(31)23(29)30)15-14-25-19-4-2-3-5-19/h2-13,19,25H,14-15H2,1H3,(H,29,30)/b12-9+. The second kappa shape index (κ2) is 10.9. The molecule has 170 valence electrons. The number of rotatable bonds is 8. The Morgan fingerprint density at radius 2 is 1.79 bits per heavy atom. The van der Waals surface area contributed by atoms with Crippen LogP contribution < -0.4 is 5.32 Å². The number of allylic oxidation sites excluding steroid dienone is 3. The topological polar surface area (TPSA) is 126 Å². The average Bonchev–Trinajstić information content (AvgIpc) is 3.48. The van der Waals surface area contributed by atoms with Crippen molar-refractivity contribution in [3.8, 4) is 0 Å². The van der Waals surface area contributed by atoms with E-state index in [0.29, 0.717) is 16.4 Å². The van der Waals surface area contributed by atoms with Gasteiger partial charge in [0.05, 0.1) is 6.54 Å². The van der Waals surface area contributed by atoms with Crippen LogP contribution in [0.15, 0.2) is 71.2 Å². The summed E-state index contributed by atoms with van der Waals surface area (Å²) < 4.78 is 5.28. The van der Waals surface area contributed by atoms with Gasteiger partial charge in [-0.15, -0.1) is 0 Å². The summed E-state index contributed by atoms with van der Waals surface area (Å²) in [5.74, 6) is -3.48. The number of carbonyl (C=O) groups is 4. The monoisotopic (exact) mass is 450 g/mol. The molecule has 9 heteroatoms. The molecule has 2 N–H and O–H groups in total. The molecule has 0 unspecified atom stereocenters. The minimum absolute atomic E-state index is 0.0176. The first-order valence-corrected chi connectivity index (χ1v) is 10.1. The van der Waals surface area contributed by atoms with E-state index in [-0.39, 0.29) is 36.2 Å². The van der Waals surface area contributed by atoms with Gasteiger partial charge in [0, 0.05) is 18.2 Å². The number of aliphatic carboxylic acids is 1. The van der Waals surface area contributed by atoms with Gasteiger partial charge in [-0.25, -0.2) is 9.59 Å². The van der Waals surface area contributed by atoms with Crippen LogP contribution in [0.4, 0.5) is 0 Å². The van der Waals surface area contributed by atoms with Crippen molar-refractivity contribution in [3.63, 3.8) is 0 Å². The van der Waals surface area contributed by atoms with Crippen molar-refractivity contribution >= 4 is 29.7 Å². The van der Waals surface area contributed by atoms with Crippen LogP contribution in [0.25, 0.3) is 6.08 Å². The SMILES string of the molecule is Cc1ccc(C(=O)/C=C/c2ccc(C(=O)N(CCNC3C=CC=C3)OC(=O)C(=O)O)cc2)o1. The summed E-state index contributed by atoms with van der Waals surface area (Å²) in [4.78, 5) is 52.0. The Balaban J connectivity index is 1.65. The highest BCUT2D eigenvalue weighted by molar-refractivity contribution is 6.28. The fourth-order valence-corrected chi connectivity index (χ4v) is 2.93. The van der Waals surface area contributed by atoms with E-state index in [2.05, 4.69) is 5.32 Å². The molecule has 33 heavy (non-hydrogen) atoms. The van der Waals surface area contributed by atoms with Crippen LogP contribution in [0, 0.1) is 6.92 Å². The molecule has 1 heterocycles. The molecule has 1 aliphatic rings. The van der Waals surface area contributed by atoms with E-state index in [0.717, 1.165) is 0 Å². The van der Waals surface area contributed by atoms with E-state index < -0.39 is 17.8 Å². The number of nitrogens with one attached hydrogen (secondary N) is 1. The number of nitrogens with zero attached hydrogens (tertiary/aromatic N) is 1. The van der Waals surface area contributed by atoms with Crippen LogP contribution in [-0.4, -0.2) is 52.9 Å². The number of furan rings is 1. The summed E-state index contributed by atoms with van der Waals surface area (Å²) in [6.45, 7) is 1.94. The van der Waals surface area contributed by atoms with Crippen molar-refractivity contribution < 1.29 is 33.5 Å². The number of hydrogen-bond acceptors (Lipinski definition) is 7. The van der Waals surface area contributed by atoms with E-state index in [1.54, 1.807) is 37.3 Å². The first kappa shape index (κ1) is 23.4. The maximum absolute atomic E-state index is 12.8. The minimum Gasteiger partial charge on any atom is -0.473 e. The Labute approximate surface area is 189 Å². The summed E-state index contributed by atoms with van der Waals surface area (Å²) >= 11 is 0. The summed E-state index contributed by atoms with van der Waals surface area (Å²) in [5.41, 5.74) is 0.831. The normalized spacial score (nSPS) is 12.9. The van der Waals surface area contributed by atoms with Crippen molar-refractivity contribution in [1.29, 1.82) is 0 Å². The van der Waals surface area contributed by atoms with E-state index >= 15 is 0 Å². The number of carboxylic acids is 1. The number of amides is 1. The van der Waals surface area contributed by atoms with Gasteiger partial charge >= 0.3 is 11.9 Å². The molecular formula is C24H22N2O7. The van der Waals surface area contributed by atoms with Gasteiger partial charge in [0.15, 0.2) is 5.76 Å². The molecule has 0 aliphatic heterocycles. The molecule has 9 nitrogen and oxygen atoms in total. The molecule has 1 aromatic carbocycles. The molecule has 1 aliphatic carbocycles. The fourth-order valence-electron chi connectivity index (χ4n) is 2.93. The Morgan fingerprint density at radius 1 is 1.09 bits per heavy atom. The second-order valence-electron chi connectivity index (χ2n) is 7.07. The third-order valence-electron chi connectivity index (χ3n) is 4.61. The molecule has 2 aromatic rings. The summed E-state index contributed by atoms with van der Waals surface area (Å²) in [6, 6.07) is 9.45. The van der Waals surface area contributed by atoms with Crippen molar-refractivity contribution in [1.82, 2.24) is 10.4 Å². The number of benzene rings is 1. The summed E-state index contributed by atoms with van der Waals surface area (Å²) in [6.07, 6.45) is 10.5. The third kappa shape index (κ3) is 6.62. The van der Waals surface area contributed by atoms with Crippen LogP contribution in [0.2, 0.25) is 0 Å². The maximum atomic E-state index is 12.8. The Bertz CT molecular complexity index is 1110. The van der Waals surface area contributed by atoms with E-state index in [1.807, 2.05) is 24.3 Å². The molecule has 1 amide bonds. The molecule has 0 bridgehead atoms. The maximum Gasteiger partial charge on any atom is 0.441 e. The van der Waals surface area contributed by atoms with E-state index in [1.165, 1.54) is 18.2 Å².